The minimum Gasteiger partial charge on any atom is -0.497 e. The van der Waals surface area contributed by atoms with Gasteiger partial charge in [-0.05, 0) is 42.5 Å². The van der Waals surface area contributed by atoms with Crippen LogP contribution in [0.5, 0.6) is 5.75 Å². The van der Waals surface area contributed by atoms with E-state index in [4.69, 9.17) is 16.3 Å². The van der Waals surface area contributed by atoms with Gasteiger partial charge in [-0.15, -0.1) is 12.4 Å². The number of aromatic nitrogens is 2. The van der Waals surface area contributed by atoms with Gasteiger partial charge in [-0.25, -0.2) is 9.97 Å². The number of anilines is 2. The summed E-state index contributed by atoms with van der Waals surface area (Å²) in [5.74, 6) is 0.430. The Morgan fingerprint density at radius 1 is 1.08 bits per heavy atom. The lowest BCUT2D eigenvalue weighted by molar-refractivity contribution is -0.137. The second-order valence-corrected chi connectivity index (χ2v) is 9.65. The molecule has 0 bridgehead atoms. The lowest BCUT2D eigenvalue weighted by Crippen LogP contribution is -2.44. The Labute approximate surface area is 217 Å². The van der Waals surface area contributed by atoms with Gasteiger partial charge in [-0.2, -0.15) is 21.6 Å². The molecule has 0 aliphatic carbocycles. The van der Waals surface area contributed by atoms with Crippen molar-refractivity contribution < 1.29 is 26.3 Å². The zero-order valence-electron chi connectivity index (χ0n) is 18.8. The summed E-state index contributed by atoms with van der Waals surface area (Å²) in [6.45, 7) is 2.80. The Morgan fingerprint density at radius 3 is 2.47 bits per heavy atom. The summed E-state index contributed by atoms with van der Waals surface area (Å²) in [6, 6.07) is 10.4. The van der Waals surface area contributed by atoms with Crippen molar-refractivity contribution in [2.75, 3.05) is 42.9 Å². The van der Waals surface area contributed by atoms with Gasteiger partial charge in [-0.3, -0.25) is 4.72 Å². The molecule has 14 heteroatoms. The average Bonchev–Trinajstić information content (AvgIpc) is 2.84. The Morgan fingerprint density at radius 2 is 1.81 bits per heavy atom. The molecule has 3 heterocycles. The molecule has 0 atom stereocenters. The van der Waals surface area contributed by atoms with E-state index in [0.29, 0.717) is 18.9 Å². The van der Waals surface area contributed by atoms with E-state index in [0.717, 1.165) is 25.2 Å². The number of nitrogens with one attached hydrogen (secondary N) is 2. The Hall–Kier alpha value is -2.80. The van der Waals surface area contributed by atoms with E-state index < -0.39 is 27.5 Å². The van der Waals surface area contributed by atoms with Gasteiger partial charge in [-0.1, -0.05) is 17.7 Å². The fourth-order valence-electron chi connectivity index (χ4n) is 3.58. The molecule has 1 aliphatic rings. The number of methoxy groups -OCH3 is 1. The Balaban J connectivity index is 0.00000361. The molecule has 3 aromatic rings. The number of sulfonamides is 1. The third kappa shape index (κ3) is 6.12. The second kappa shape index (κ2) is 11.1. The SMILES string of the molecule is COc1ccc(Cl)c(-c2nc(NS(=O)(=O)c3cccc(N4CCNCC4)n3)ccc2C(F)(F)F)c1.Cl. The number of benzene rings is 1. The zero-order valence-corrected chi connectivity index (χ0v) is 21.2. The number of alkyl halides is 3. The molecule has 0 spiro atoms. The predicted molar refractivity (Wildman–Crippen MR) is 134 cm³/mol. The second-order valence-electron chi connectivity index (χ2n) is 7.61. The molecule has 1 aromatic carbocycles. The molecule has 0 amide bonds. The summed E-state index contributed by atoms with van der Waals surface area (Å²) in [6.07, 6.45) is -4.76. The molecule has 1 saturated heterocycles. The highest BCUT2D eigenvalue weighted by Gasteiger charge is 2.35. The van der Waals surface area contributed by atoms with E-state index in [2.05, 4.69) is 20.0 Å². The number of hydrogen-bond acceptors (Lipinski definition) is 7. The van der Waals surface area contributed by atoms with Crippen LogP contribution in [0.3, 0.4) is 0 Å². The van der Waals surface area contributed by atoms with E-state index in [1.807, 2.05) is 4.90 Å². The van der Waals surface area contributed by atoms with Gasteiger partial charge in [0.2, 0.25) is 0 Å². The molecule has 1 aliphatic heterocycles. The number of pyridine rings is 2. The molecule has 36 heavy (non-hydrogen) atoms. The minimum atomic E-state index is -4.76. The van der Waals surface area contributed by atoms with Crippen molar-refractivity contribution >= 4 is 45.7 Å². The van der Waals surface area contributed by atoms with E-state index in [1.165, 1.54) is 31.4 Å². The molecule has 4 rings (SSSR count). The van der Waals surface area contributed by atoms with Crippen LogP contribution in [0, 0.1) is 0 Å². The minimum absolute atomic E-state index is 0. The van der Waals surface area contributed by atoms with Crippen LogP contribution < -0.4 is 19.7 Å². The Kier molecular flexibility index (Phi) is 8.55. The Bertz CT molecular complexity index is 1340. The maximum atomic E-state index is 13.7. The van der Waals surface area contributed by atoms with Crippen LogP contribution in [-0.2, 0) is 16.2 Å². The van der Waals surface area contributed by atoms with Crippen LogP contribution in [0.2, 0.25) is 5.02 Å². The largest absolute Gasteiger partial charge is 0.497 e. The van der Waals surface area contributed by atoms with Crippen LogP contribution in [0.1, 0.15) is 5.56 Å². The van der Waals surface area contributed by atoms with Crippen LogP contribution in [0.4, 0.5) is 24.8 Å². The highest BCUT2D eigenvalue weighted by atomic mass is 35.5. The standard InChI is InChI=1S/C22H21ClF3N5O3S.ClH/c1-34-14-5-7-17(23)15(13-14)21-16(22(24,25)26)6-8-18(28-21)30-35(32,33)20-4-2-3-19(29-20)31-11-9-27-10-12-31;/h2-8,13,27H,9-12H2,1H3,(H,28,30);1H. The molecule has 0 saturated carbocycles. The number of nitrogens with zero attached hydrogens (tertiary/aromatic N) is 3. The summed E-state index contributed by atoms with van der Waals surface area (Å²) in [5.41, 5.74) is -1.67. The van der Waals surface area contributed by atoms with Crippen LogP contribution >= 0.6 is 24.0 Å². The maximum Gasteiger partial charge on any atom is 0.418 e. The molecule has 2 aromatic heterocycles. The van der Waals surface area contributed by atoms with Gasteiger partial charge < -0.3 is 15.0 Å². The molecule has 1 fully saturated rings. The molecule has 2 N–H and O–H groups in total. The molecule has 0 unspecified atom stereocenters. The van der Waals surface area contributed by atoms with Gasteiger partial charge in [0, 0.05) is 31.7 Å². The normalized spacial score (nSPS) is 14.2. The van der Waals surface area contributed by atoms with E-state index in [1.54, 1.807) is 12.1 Å². The lowest BCUT2D eigenvalue weighted by atomic mass is 10.0. The molecule has 0 radical (unpaired) electrons. The average molecular weight is 564 g/mol. The van der Waals surface area contributed by atoms with E-state index >= 15 is 0 Å². The van der Waals surface area contributed by atoms with Crippen molar-refractivity contribution in [2.24, 2.45) is 0 Å². The predicted octanol–water partition coefficient (Wildman–Crippen LogP) is 4.46. The van der Waals surface area contributed by atoms with Crippen molar-refractivity contribution in [3.8, 4) is 17.0 Å². The molecular weight excluding hydrogens is 542 g/mol. The third-order valence-corrected chi connectivity index (χ3v) is 6.88. The first-order valence-electron chi connectivity index (χ1n) is 10.5. The smallest absolute Gasteiger partial charge is 0.418 e. The van der Waals surface area contributed by atoms with Gasteiger partial charge in [0.25, 0.3) is 10.0 Å². The highest BCUT2D eigenvalue weighted by molar-refractivity contribution is 7.92. The fourth-order valence-corrected chi connectivity index (χ4v) is 4.75. The first-order chi connectivity index (χ1) is 16.6. The third-order valence-electron chi connectivity index (χ3n) is 5.29. The van der Waals surface area contributed by atoms with Crippen LogP contribution in [0.15, 0.2) is 53.6 Å². The van der Waals surface area contributed by atoms with Crippen molar-refractivity contribution in [1.29, 1.82) is 0 Å². The molecular formula is C22H22Cl2F3N5O3S. The summed E-state index contributed by atoms with van der Waals surface area (Å²) in [4.78, 5) is 10.2. The van der Waals surface area contributed by atoms with E-state index in [-0.39, 0.29) is 39.6 Å². The lowest BCUT2D eigenvalue weighted by Gasteiger charge is -2.28. The van der Waals surface area contributed by atoms with Crippen molar-refractivity contribution in [3.63, 3.8) is 0 Å². The quantitative estimate of drug-likeness (QED) is 0.457. The van der Waals surface area contributed by atoms with Gasteiger partial charge in [0.15, 0.2) is 5.03 Å². The van der Waals surface area contributed by atoms with Gasteiger partial charge in [0.1, 0.15) is 17.4 Å². The van der Waals surface area contributed by atoms with Crippen molar-refractivity contribution in [1.82, 2.24) is 15.3 Å². The number of halogens is 5. The number of hydrogen-bond donors (Lipinski definition) is 2. The number of ether oxygens (including phenoxy) is 1. The molecule has 194 valence electrons. The van der Waals surface area contributed by atoms with Crippen molar-refractivity contribution in [2.45, 2.75) is 11.2 Å². The van der Waals surface area contributed by atoms with Crippen LogP contribution in [-0.4, -0.2) is 51.7 Å². The first-order valence-corrected chi connectivity index (χ1v) is 12.3. The number of piperazine rings is 1. The monoisotopic (exact) mass is 563 g/mol. The summed E-state index contributed by atoms with van der Waals surface area (Å²) in [5, 5.41) is 2.91. The fraction of sp³-hybridized carbons (Fsp3) is 0.273. The summed E-state index contributed by atoms with van der Waals surface area (Å²) in [7, 11) is -2.89. The van der Waals surface area contributed by atoms with Gasteiger partial charge >= 0.3 is 6.18 Å². The van der Waals surface area contributed by atoms with Gasteiger partial charge in [0.05, 0.1) is 23.4 Å². The van der Waals surface area contributed by atoms with E-state index in [9.17, 15) is 21.6 Å². The zero-order chi connectivity index (χ0) is 25.2. The highest BCUT2D eigenvalue weighted by Crippen LogP contribution is 2.40. The van der Waals surface area contributed by atoms with Crippen molar-refractivity contribution in [3.05, 3.63) is 59.1 Å². The molecule has 8 nitrogen and oxygen atoms in total. The van der Waals surface area contributed by atoms with Crippen LogP contribution in [0.25, 0.3) is 11.3 Å². The first kappa shape index (κ1) is 27.8. The summed E-state index contributed by atoms with van der Waals surface area (Å²) < 4.78 is 74.6. The maximum absolute atomic E-state index is 13.7. The topological polar surface area (TPSA) is 96.4 Å². The number of rotatable bonds is 6. The summed E-state index contributed by atoms with van der Waals surface area (Å²) >= 11 is 6.16.